The van der Waals surface area contributed by atoms with Crippen molar-refractivity contribution in [1.82, 2.24) is 10.2 Å². The lowest BCUT2D eigenvalue weighted by atomic mass is 10.0. The van der Waals surface area contributed by atoms with Gasteiger partial charge >= 0.3 is 0 Å². The Morgan fingerprint density at radius 2 is 1.60 bits per heavy atom. The van der Waals surface area contributed by atoms with Crippen LogP contribution in [0.2, 0.25) is 0 Å². The molecule has 20 heavy (non-hydrogen) atoms. The van der Waals surface area contributed by atoms with Gasteiger partial charge < -0.3 is 10.2 Å². The standard InChI is InChI=1S/C18H32N2/c1-6-9-17-10-12-18(13-11-17)16(5)19-15(4)14-20(7-2)8-3/h10-13,15-16,19H,6-9,14H2,1-5H3. The van der Waals surface area contributed by atoms with Crippen LogP contribution in [0, 0.1) is 0 Å². The van der Waals surface area contributed by atoms with Crippen LogP contribution in [-0.2, 0) is 6.42 Å². The summed E-state index contributed by atoms with van der Waals surface area (Å²) in [6, 6.07) is 10.0. The Bertz CT molecular complexity index is 354. The number of aryl methyl sites for hydroxylation is 1. The first kappa shape index (κ1) is 17.2. The summed E-state index contributed by atoms with van der Waals surface area (Å²) in [5.41, 5.74) is 2.83. The molecule has 0 aliphatic heterocycles. The van der Waals surface area contributed by atoms with Gasteiger partial charge in [0.05, 0.1) is 0 Å². The van der Waals surface area contributed by atoms with Crippen molar-refractivity contribution in [3.8, 4) is 0 Å². The number of hydrogen-bond donors (Lipinski definition) is 1. The Hall–Kier alpha value is -0.860. The van der Waals surface area contributed by atoms with Crippen LogP contribution in [0.3, 0.4) is 0 Å². The van der Waals surface area contributed by atoms with Gasteiger partial charge in [0.25, 0.3) is 0 Å². The summed E-state index contributed by atoms with van der Waals surface area (Å²) in [5.74, 6) is 0. The van der Waals surface area contributed by atoms with E-state index in [1.165, 1.54) is 24.0 Å². The fourth-order valence-electron chi connectivity index (χ4n) is 2.71. The Kier molecular flexibility index (Phi) is 7.86. The Morgan fingerprint density at radius 3 is 2.10 bits per heavy atom. The molecule has 114 valence electrons. The lowest BCUT2D eigenvalue weighted by Gasteiger charge is -2.26. The maximum absolute atomic E-state index is 3.71. The monoisotopic (exact) mass is 276 g/mol. The first-order chi connectivity index (χ1) is 9.60. The van der Waals surface area contributed by atoms with E-state index in [9.17, 15) is 0 Å². The maximum atomic E-state index is 3.71. The summed E-state index contributed by atoms with van der Waals surface area (Å²) < 4.78 is 0. The van der Waals surface area contributed by atoms with Crippen LogP contribution in [0.5, 0.6) is 0 Å². The minimum atomic E-state index is 0.413. The molecule has 0 spiro atoms. The number of likely N-dealkylation sites (N-methyl/N-ethyl adjacent to an activating group) is 1. The highest BCUT2D eigenvalue weighted by Crippen LogP contribution is 2.15. The first-order valence-electron chi connectivity index (χ1n) is 8.17. The van der Waals surface area contributed by atoms with Crippen molar-refractivity contribution < 1.29 is 0 Å². The number of benzene rings is 1. The highest BCUT2D eigenvalue weighted by atomic mass is 15.1. The van der Waals surface area contributed by atoms with Gasteiger partial charge in [0, 0.05) is 18.6 Å². The van der Waals surface area contributed by atoms with Gasteiger partial charge in [-0.05, 0) is 44.5 Å². The molecule has 2 heteroatoms. The second kappa shape index (κ2) is 9.15. The Morgan fingerprint density at radius 1 is 1.00 bits per heavy atom. The number of nitrogens with zero attached hydrogens (tertiary/aromatic N) is 1. The highest BCUT2D eigenvalue weighted by Gasteiger charge is 2.11. The smallest absolute Gasteiger partial charge is 0.0294 e. The quantitative estimate of drug-likeness (QED) is 0.733. The van der Waals surface area contributed by atoms with Gasteiger partial charge in [0.2, 0.25) is 0 Å². The summed E-state index contributed by atoms with van der Waals surface area (Å²) in [6.07, 6.45) is 2.40. The molecule has 2 unspecified atom stereocenters. The van der Waals surface area contributed by atoms with E-state index in [-0.39, 0.29) is 0 Å². The lowest BCUT2D eigenvalue weighted by molar-refractivity contribution is 0.264. The van der Waals surface area contributed by atoms with Crippen molar-refractivity contribution >= 4 is 0 Å². The summed E-state index contributed by atoms with van der Waals surface area (Å²) in [6.45, 7) is 14.6. The minimum absolute atomic E-state index is 0.413. The normalized spacial score (nSPS) is 14.5. The van der Waals surface area contributed by atoms with Gasteiger partial charge in [-0.15, -0.1) is 0 Å². The molecule has 0 bridgehead atoms. The molecule has 0 heterocycles. The largest absolute Gasteiger partial charge is 0.306 e. The molecule has 0 fully saturated rings. The van der Waals surface area contributed by atoms with E-state index >= 15 is 0 Å². The molecule has 0 saturated heterocycles. The van der Waals surface area contributed by atoms with Gasteiger partial charge in [0.1, 0.15) is 0 Å². The third kappa shape index (κ3) is 5.64. The second-order valence-corrected chi connectivity index (χ2v) is 5.77. The van der Waals surface area contributed by atoms with Crippen molar-refractivity contribution in [1.29, 1.82) is 0 Å². The van der Waals surface area contributed by atoms with E-state index in [4.69, 9.17) is 0 Å². The van der Waals surface area contributed by atoms with Crippen molar-refractivity contribution in [2.24, 2.45) is 0 Å². The van der Waals surface area contributed by atoms with Gasteiger partial charge in [-0.3, -0.25) is 0 Å². The third-order valence-corrected chi connectivity index (χ3v) is 3.98. The predicted molar refractivity (Wildman–Crippen MR) is 89.2 cm³/mol. The minimum Gasteiger partial charge on any atom is -0.306 e. The molecule has 0 aliphatic rings. The second-order valence-electron chi connectivity index (χ2n) is 5.77. The Labute approximate surface area is 125 Å². The number of rotatable bonds is 9. The summed E-state index contributed by atoms with van der Waals surface area (Å²) >= 11 is 0. The van der Waals surface area contributed by atoms with Gasteiger partial charge in [-0.1, -0.05) is 51.5 Å². The molecule has 0 radical (unpaired) electrons. The number of nitrogens with one attached hydrogen (secondary N) is 1. The van der Waals surface area contributed by atoms with Crippen LogP contribution in [0.25, 0.3) is 0 Å². The molecule has 2 nitrogen and oxygen atoms in total. The molecular weight excluding hydrogens is 244 g/mol. The molecule has 0 amide bonds. The van der Waals surface area contributed by atoms with E-state index in [2.05, 4.69) is 69.1 Å². The van der Waals surface area contributed by atoms with Crippen molar-refractivity contribution in [3.05, 3.63) is 35.4 Å². The average molecular weight is 276 g/mol. The molecule has 1 aromatic rings. The average Bonchev–Trinajstić information content (AvgIpc) is 2.45. The highest BCUT2D eigenvalue weighted by molar-refractivity contribution is 5.24. The first-order valence-corrected chi connectivity index (χ1v) is 8.17. The van der Waals surface area contributed by atoms with Gasteiger partial charge in [-0.25, -0.2) is 0 Å². The third-order valence-electron chi connectivity index (χ3n) is 3.98. The maximum Gasteiger partial charge on any atom is 0.0294 e. The molecule has 2 atom stereocenters. The molecule has 1 rings (SSSR count). The number of hydrogen-bond acceptors (Lipinski definition) is 2. The summed E-state index contributed by atoms with van der Waals surface area (Å²) in [7, 11) is 0. The van der Waals surface area contributed by atoms with Crippen LogP contribution >= 0.6 is 0 Å². The zero-order valence-corrected chi connectivity index (χ0v) is 13.9. The van der Waals surface area contributed by atoms with E-state index in [0.717, 1.165) is 19.6 Å². The Balaban J connectivity index is 2.50. The predicted octanol–water partition coefficient (Wildman–Crippen LogP) is 4.02. The lowest BCUT2D eigenvalue weighted by Crippen LogP contribution is -2.40. The molecule has 0 aromatic heterocycles. The van der Waals surface area contributed by atoms with Crippen molar-refractivity contribution in [2.45, 2.75) is 59.5 Å². The van der Waals surface area contributed by atoms with Gasteiger partial charge in [0.15, 0.2) is 0 Å². The van der Waals surface area contributed by atoms with Crippen molar-refractivity contribution in [2.75, 3.05) is 19.6 Å². The fourth-order valence-corrected chi connectivity index (χ4v) is 2.71. The summed E-state index contributed by atoms with van der Waals surface area (Å²) in [5, 5.41) is 3.71. The van der Waals surface area contributed by atoms with Crippen molar-refractivity contribution in [3.63, 3.8) is 0 Å². The zero-order valence-electron chi connectivity index (χ0n) is 13.9. The fraction of sp³-hybridized carbons (Fsp3) is 0.667. The van der Waals surface area contributed by atoms with Crippen LogP contribution in [0.15, 0.2) is 24.3 Å². The van der Waals surface area contributed by atoms with Gasteiger partial charge in [-0.2, -0.15) is 0 Å². The van der Waals surface area contributed by atoms with E-state index in [1.54, 1.807) is 0 Å². The molecular formula is C18H32N2. The summed E-state index contributed by atoms with van der Waals surface area (Å²) in [4.78, 5) is 2.47. The van der Waals surface area contributed by atoms with Crippen LogP contribution in [0.4, 0.5) is 0 Å². The SMILES string of the molecule is CCCc1ccc(C(C)NC(C)CN(CC)CC)cc1. The van der Waals surface area contributed by atoms with E-state index < -0.39 is 0 Å². The molecule has 0 aliphatic carbocycles. The molecule has 1 N–H and O–H groups in total. The molecule has 1 aromatic carbocycles. The molecule has 0 saturated carbocycles. The zero-order chi connectivity index (χ0) is 15.0. The topological polar surface area (TPSA) is 15.3 Å². The van der Waals surface area contributed by atoms with Crippen LogP contribution < -0.4 is 5.32 Å². The van der Waals surface area contributed by atoms with Crippen LogP contribution in [0.1, 0.15) is 58.2 Å². The van der Waals surface area contributed by atoms with Crippen LogP contribution in [-0.4, -0.2) is 30.6 Å². The van der Waals surface area contributed by atoms with E-state index in [1.807, 2.05) is 0 Å². The van der Waals surface area contributed by atoms with E-state index in [0.29, 0.717) is 12.1 Å².